The third kappa shape index (κ3) is 8.98. The first-order valence-electron chi connectivity index (χ1n) is 15.2. The van der Waals surface area contributed by atoms with Gasteiger partial charge in [0.05, 0.1) is 7.18 Å². The van der Waals surface area contributed by atoms with Crippen LogP contribution in [0.3, 0.4) is 0 Å². The Kier molecular flexibility index (Phi) is 13.9. The van der Waals surface area contributed by atoms with E-state index < -0.39 is 6.17 Å². The Balaban J connectivity index is 0.00000248. The van der Waals surface area contributed by atoms with Gasteiger partial charge in [-0.05, 0) is 12.8 Å². The van der Waals surface area contributed by atoms with Gasteiger partial charge in [-0.2, -0.15) is 0 Å². The quantitative estimate of drug-likeness (QED) is 0.167. The van der Waals surface area contributed by atoms with Crippen LogP contribution in [0.1, 0.15) is 63.3 Å². The van der Waals surface area contributed by atoms with Crippen molar-refractivity contribution in [3.8, 4) is 11.8 Å². The van der Waals surface area contributed by atoms with Crippen molar-refractivity contribution in [1.29, 1.82) is 0 Å². The summed E-state index contributed by atoms with van der Waals surface area (Å²) >= 11 is 0.212. The van der Waals surface area contributed by atoms with Gasteiger partial charge in [0.15, 0.2) is 0 Å². The summed E-state index contributed by atoms with van der Waals surface area (Å²) < 4.78 is 27.3. The number of rotatable bonds is 12. The van der Waals surface area contributed by atoms with Gasteiger partial charge >= 0.3 is 213 Å². The van der Waals surface area contributed by atoms with Gasteiger partial charge in [-0.25, -0.2) is 0 Å². The van der Waals surface area contributed by atoms with E-state index in [1.807, 2.05) is 28.6 Å². The fourth-order valence-electron chi connectivity index (χ4n) is 5.42. The van der Waals surface area contributed by atoms with E-state index in [4.69, 9.17) is 5.10 Å². The summed E-state index contributed by atoms with van der Waals surface area (Å²) in [6.45, 7) is 12.8. The number of pyridine rings is 1. The largest absolute Gasteiger partial charge is 0.255 e. The summed E-state index contributed by atoms with van der Waals surface area (Å²) in [5, 5.41) is 15.4. The molecule has 3 N–H and O–H groups in total. The van der Waals surface area contributed by atoms with Crippen LogP contribution in [0, 0.1) is 11.8 Å². The van der Waals surface area contributed by atoms with Gasteiger partial charge in [0.25, 0.3) is 0 Å². The number of alkyl halides is 2. The van der Waals surface area contributed by atoms with Crippen LogP contribution in [0.2, 0.25) is 5.82 Å². The first kappa shape index (κ1) is 34.4. The smallest absolute Gasteiger partial charge is 0.0785 e. The molecule has 0 radical (unpaired) electrons. The first-order chi connectivity index (χ1) is 20.9. The van der Waals surface area contributed by atoms with E-state index in [1.165, 1.54) is 10.0 Å². The molecule has 43 heavy (non-hydrogen) atoms. The van der Waals surface area contributed by atoms with Crippen LogP contribution in [0.4, 0.5) is 20.3 Å². The zero-order chi connectivity index (χ0) is 31.4. The van der Waals surface area contributed by atoms with E-state index in [-0.39, 0.29) is 21.0 Å². The number of benzene rings is 1. The zero-order valence-electron chi connectivity index (χ0n) is 26.6. The van der Waals surface area contributed by atoms with Crippen LogP contribution >= 0.6 is 0 Å². The third-order valence-corrected chi connectivity index (χ3v) is 9.51. The van der Waals surface area contributed by atoms with E-state index in [2.05, 4.69) is 85.2 Å². The summed E-state index contributed by atoms with van der Waals surface area (Å²) in [6, 6.07) is 12.8. The number of piperidine rings is 1. The maximum absolute atomic E-state index is 14.7. The minimum absolute atomic E-state index is 0.212. The number of anilines is 2. The Morgan fingerprint density at radius 2 is 2.00 bits per heavy atom. The summed E-state index contributed by atoms with van der Waals surface area (Å²) in [5.74, 6) is 9.61. The molecule has 4 rings (SSSR count). The maximum atomic E-state index is 14.7. The Morgan fingerprint density at radius 1 is 1.21 bits per heavy atom. The molecule has 6 nitrogen and oxygen atoms in total. The average molecular weight is 658 g/mol. The number of likely N-dealkylation sites (tertiary alicyclic amines) is 1. The van der Waals surface area contributed by atoms with Gasteiger partial charge in [-0.15, -0.1) is 0 Å². The zero-order valence-corrected chi connectivity index (χ0v) is 28.3. The Hall–Kier alpha value is -3.05. The Labute approximate surface area is 263 Å². The van der Waals surface area contributed by atoms with Gasteiger partial charge in [-0.1, -0.05) is 20.3 Å². The van der Waals surface area contributed by atoms with Crippen molar-refractivity contribution >= 4 is 42.1 Å². The fraction of sp³-hybridized carbons (Fsp3) is 0.500. The Morgan fingerprint density at radius 3 is 2.67 bits per heavy atom. The van der Waals surface area contributed by atoms with Crippen LogP contribution in [0.25, 0.3) is 11.2 Å². The third-order valence-electron chi connectivity index (χ3n) is 7.81. The van der Waals surface area contributed by atoms with E-state index in [9.17, 15) is 8.78 Å². The normalized spacial score (nSPS) is 17.3. The summed E-state index contributed by atoms with van der Waals surface area (Å²) in [5.41, 5.74) is 6.31. The summed E-state index contributed by atoms with van der Waals surface area (Å²) in [4.78, 5) is 2.04. The second kappa shape index (κ2) is 17.3. The number of hydrogen-bond acceptors (Lipinski definition) is 5. The Bertz CT molecular complexity index is 1390. The van der Waals surface area contributed by atoms with E-state index >= 15 is 0 Å². The van der Waals surface area contributed by atoms with Crippen molar-refractivity contribution in [3.05, 3.63) is 59.8 Å². The molecule has 0 spiro atoms. The molecule has 0 saturated carbocycles. The summed E-state index contributed by atoms with van der Waals surface area (Å²) in [6.07, 6.45) is 4.18. The van der Waals surface area contributed by atoms with E-state index in [0.717, 1.165) is 72.6 Å². The molecule has 1 aliphatic heterocycles. The topological polar surface area (TPSA) is 56.6 Å². The van der Waals surface area contributed by atoms with Crippen LogP contribution in [-0.2, 0) is 6.42 Å². The molecule has 1 fully saturated rings. The number of aryl methyl sites for hydroxylation is 1. The van der Waals surface area contributed by atoms with Crippen LogP contribution in [0.5, 0.6) is 0 Å². The minimum atomic E-state index is -0.912. The van der Waals surface area contributed by atoms with Crippen molar-refractivity contribution in [3.63, 3.8) is 0 Å². The SMILES string of the molecule is C=C(NC(CC)CCC)c1ccc(NCC#Cc2nn3c(NC4CCN(C)CC4F)cccc3c2[Se]C)c(CC)c1.CF. The van der Waals surface area contributed by atoms with Gasteiger partial charge < -0.3 is 0 Å². The molecule has 3 heterocycles. The molecule has 1 saturated heterocycles. The fourth-order valence-corrected chi connectivity index (χ4v) is 6.78. The molecular weight excluding hydrogens is 609 g/mol. The van der Waals surface area contributed by atoms with Crippen LogP contribution in [0.15, 0.2) is 43.0 Å². The average Bonchev–Trinajstić information content (AvgIpc) is 3.39. The van der Waals surface area contributed by atoms with Gasteiger partial charge in [0, 0.05) is 6.04 Å². The number of hydrogen-bond donors (Lipinski definition) is 3. The monoisotopic (exact) mass is 658 g/mol. The number of aromatic nitrogens is 2. The molecule has 3 unspecified atom stereocenters. The van der Waals surface area contributed by atoms with Crippen LogP contribution < -0.4 is 20.4 Å². The summed E-state index contributed by atoms with van der Waals surface area (Å²) in [7, 11) is 2.47. The second-order valence-corrected chi connectivity index (χ2v) is 12.5. The molecule has 0 amide bonds. The predicted octanol–water partition coefficient (Wildman–Crippen LogP) is 5.92. The van der Waals surface area contributed by atoms with Crippen molar-refractivity contribution in [2.75, 3.05) is 44.5 Å². The first-order valence-corrected chi connectivity index (χ1v) is 17.8. The van der Waals surface area contributed by atoms with Gasteiger partial charge in [-0.3, -0.25) is 4.39 Å². The van der Waals surface area contributed by atoms with Crippen molar-refractivity contribution in [2.45, 2.75) is 77.0 Å². The molecule has 234 valence electrons. The van der Waals surface area contributed by atoms with Crippen molar-refractivity contribution in [1.82, 2.24) is 19.8 Å². The standard InChI is InChI=1S/C33H45FN6Se.CH3F/c1-7-12-26(9-3)36-23(4)25-16-17-28(24(8-2)21-25)35-19-11-13-30-33(41-6)31-14-10-15-32(40(31)38-30)37-29-18-20-39(5)22-27(29)34;1-2/h10,14-17,21,26-27,29,35-37H,4,7-9,12,18-20,22H2,1-3,5-6H3;1H3. The van der Waals surface area contributed by atoms with Gasteiger partial charge in [0.1, 0.15) is 0 Å². The number of fused-ring (bicyclic) bond motifs is 1. The molecular formula is C34H48F2N6Se. The molecule has 3 atom stereocenters. The molecule has 3 aromatic rings. The minimum Gasteiger partial charge on any atom is -0.255 e. The molecule has 1 aromatic carbocycles. The molecule has 1 aliphatic rings. The van der Waals surface area contributed by atoms with Crippen molar-refractivity contribution < 1.29 is 8.78 Å². The molecule has 0 bridgehead atoms. The van der Waals surface area contributed by atoms with E-state index in [0.29, 0.717) is 26.3 Å². The number of halogens is 2. The second-order valence-electron chi connectivity index (χ2n) is 10.8. The molecule has 0 aliphatic carbocycles. The number of nitrogens with zero attached hydrogens (tertiary/aromatic N) is 3. The molecule has 9 heteroatoms. The maximum Gasteiger partial charge on any atom is 0.0785 e. The number of nitrogens with one attached hydrogen (secondary N) is 3. The van der Waals surface area contributed by atoms with Gasteiger partial charge in [0.2, 0.25) is 0 Å². The van der Waals surface area contributed by atoms with E-state index in [1.54, 1.807) is 0 Å². The van der Waals surface area contributed by atoms with Crippen molar-refractivity contribution in [2.24, 2.45) is 0 Å². The van der Waals surface area contributed by atoms with Crippen LogP contribution in [-0.4, -0.2) is 81.6 Å². The molecule has 2 aromatic heterocycles. The predicted molar refractivity (Wildman–Crippen MR) is 180 cm³/mol.